The lowest BCUT2D eigenvalue weighted by molar-refractivity contribution is -0.117. The summed E-state index contributed by atoms with van der Waals surface area (Å²) in [6.45, 7) is 0. The minimum Gasteiger partial charge on any atom is -0.309 e. The second-order valence-electron chi connectivity index (χ2n) is 4.72. The number of carbonyl (C=O) groups is 1. The van der Waals surface area contributed by atoms with Gasteiger partial charge in [0.15, 0.2) is 17.3 Å². The molecule has 0 bridgehead atoms. The maximum Gasteiger partial charge on any atom is 0.228 e. The van der Waals surface area contributed by atoms with Crippen LogP contribution < -0.4 is 5.32 Å². The van der Waals surface area contributed by atoms with Crippen molar-refractivity contribution in [3.63, 3.8) is 0 Å². The van der Waals surface area contributed by atoms with Crippen LogP contribution in [0.3, 0.4) is 0 Å². The fraction of sp³-hybridized carbons (Fsp3) is 0.214. The van der Waals surface area contributed by atoms with Crippen LogP contribution >= 0.6 is 0 Å². The van der Waals surface area contributed by atoms with E-state index in [9.17, 15) is 9.18 Å². The van der Waals surface area contributed by atoms with Crippen LogP contribution in [-0.4, -0.2) is 20.9 Å². The standard InChI is InChI=1S/C14H10FN5O/c15-10-3-9(5-17-11(10)4-16)12-6-19-13(7-18-12)20-14(21)8-1-2-8/h3,5-8H,1-2H2,(H,19,20,21). The molecule has 0 aromatic carbocycles. The highest BCUT2D eigenvalue weighted by Crippen LogP contribution is 2.29. The van der Waals surface area contributed by atoms with Crippen molar-refractivity contribution in [1.29, 1.82) is 5.26 Å². The number of hydrogen-bond donors (Lipinski definition) is 1. The van der Waals surface area contributed by atoms with E-state index in [-0.39, 0.29) is 17.5 Å². The molecule has 2 aromatic heterocycles. The smallest absolute Gasteiger partial charge is 0.228 e. The summed E-state index contributed by atoms with van der Waals surface area (Å²) in [7, 11) is 0. The average Bonchev–Trinajstić information content (AvgIpc) is 3.32. The number of pyridine rings is 1. The van der Waals surface area contributed by atoms with Crippen molar-refractivity contribution in [2.45, 2.75) is 12.8 Å². The molecule has 1 amide bonds. The summed E-state index contributed by atoms with van der Waals surface area (Å²) < 4.78 is 13.5. The average molecular weight is 283 g/mol. The Bertz CT molecular complexity index is 734. The van der Waals surface area contributed by atoms with E-state index < -0.39 is 5.82 Å². The van der Waals surface area contributed by atoms with E-state index in [1.165, 1.54) is 24.7 Å². The van der Waals surface area contributed by atoms with Gasteiger partial charge in [0.1, 0.15) is 6.07 Å². The monoisotopic (exact) mass is 283 g/mol. The van der Waals surface area contributed by atoms with E-state index in [2.05, 4.69) is 20.3 Å². The van der Waals surface area contributed by atoms with Crippen LogP contribution in [0.1, 0.15) is 18.5 Å². The summed E-state index contributed by atoms with van der Waals surface area (Å²) in [5.74, 6) is -0.313. The van der Waals surface area contributed by atoms with E-state index in [0.717, 1.165) is 12.8 Å². The molecule has 1 saturated carbocycles. The van der Waals surface area contributed by atoms with Crippen molar-refractivity contribution < 1.29 is 9.18 Å². The Hall–Kier alpha value is -2.88. The molecule has 6 nitrogen and oxygen atoms in total. The molecule has 21 heavy (non-hydrogen) atoms. The van der Waals surface area contributed by atoms with Crippen molar-refractivity contribution in [2.75, 3.05) is 5.32 Å². The van der Waals surface area contributed by atoms with E-state index in [1.807, 2.05) is 0 Å². The van der Waals surface area contributed by atoms with Gasteiger partial charge in [-0.05, 0) is 18.9 Å². The molecule has 0 aliphatic heterocycles. The molecule has 0 saturated heterocycles. The van der Waals surface area contributed by atoms with Crippen LogP contribution in [0.25, 0.3) is 11.3 Å². The highest BCUT2D eigenvalue weighted by molar-refractivity contribution is 5.93. The Morgan fingerprint density at radius 2 is 2.10 bits per heavy atom. The van der Waals surface area contributed by atoms with Gasteiger partial charge in [-0.2, -0.15) is 5.26 Å². The lowest BCUT2D eigenvalue weighted by Gasteiger charge is -2.04. The third-order valence-corrected chi connectivity index (χ3v) is 3.09. The van der Waals surface area contributed by atoms with Gasteiger partial charge in [0, 0.05) is 17.7 Å². The number of anilines is 1. The molecule has 1 aliphatic carbocycles. The first-order valence-corrected chi connectivity index (χ1v) is 6.36. The number of hydrogen-bond acceptors (Lipinski definition) is 5. The second kappa shape index (κ2) is 5.25. The van der Waals surface area contributed by atoms with E-state index in [4.69, 9.17) is 5.26 Å². The lowest BCUT2D eigenvalue weighted by Crippen LogP contribution is -2.14. The lowest BCUT2D eigenvalue weighted by atomic mass is 10.2. The molecule has 104 valence electrons. The van der Waals surface area contributed by atoms with Crippen molar-refractivity contribution in [3.8, 4) is 17.3 Å². The molecule has 1 N–H and O–H groups in total. The Kier molecular flexibility index (Phi) is 3.28. The predicted molar refractivity (Wildman–Crippen MR) is 71.3 cm³/mol. The van der Waals surface area contributed by atoms with Crippen molar-refractivity contribution >= 4 is 11.7 Å². The Balaban J connectivity index is 1.78. The van der Waals surface area contributed by atoms with Gasteiger partial charge in [-0.3, -0.25) is 9.78 Å². The minimum atomic E-state index is -0.706. The summed E-state index contributed by atoms with van der Waals surface area (Å²) in [5, 5.41) is 11.3. The zero-order valence-electron chi connectivity index (χ0n) is 10.9. The molecule has 3 rings (SSSR count). The summed E-state index contributed by atoms with van der Waals surface area (Å²) in [5.41, 5.74) is 0.564. The molecule has 2 heterocycles. The number of amides is 1. The van der Waals surface area contributed by atoms with Crippen LogP contribution in [0.2, 0.25) is 0 Å². The molecule has 7 heteroatoms. The number of aromatic nitrogens is 3. The van der Waals surface area contributed by atoms with Crippen LogP contribution in [0.15, 0.2) is 24.7 Å². The first-order chi connectivity index (χ1) is 10.2. The highest BCUT2D eigenvalue weighted by Gasteiger charge is 2.29. The van der Waals surface area contributed by atoms with Gasteiger partial charge in [-0.1, -0.05) is 0 Å². The number of halogens is 1. The fourth-order valence-electron chi connectivity index (χ4n) is 1.78. The molecular weight excluding hydrogens is 273 g/mol. The molecule has 2 aromatic rings. The summed E-state index contributed by atoms with van der Waals surface area (Å²) in [6, 6.07) is 2.83. The van der Waals surface area contributed by atoms with Gasteiger partial charge in [0.05, 0.1) is 18.1 Å². The van der Waals surface area contributed by atoms with Gasteiger partial charge in [-0.25, -0.2) is 14.4 Å². The topological polar surface area (TPSA) is 91.6 Å². The van der Waals surface area contributed by atoms with Gasteiger partial charge < -0.3 is 5.32 Å². The first-order valence-electron chi connectivity index (χ1n) is 6.36. The molecule has 1 aliphatic rings. The van der Waals surface area contributed by atoms with Crippen LogP contribution in [0.4, 0.5) is 10.2 Å². The van der Waals surface area contributed by atoms with E-state index >= 15 is 0 Å². The number of carbonyl (C=O) groups excluding carboxylic acids is 1. The van der Waals surface area contributed by atoms with Gasteiger partial charge in [-0.15, -0.1) is 0 Å². The van der Waals surface area contributed by atoms with E-state index in [0.29, 0.717) is 17.1 Å². The summed E-state index contributed by atoms with van der Waals surface area (Å²) in [6.07, 6.45) is 6.01. The van der Waals surface area contributed by atoms with Gasteiger partial charge >= 0.3 is 0 Å². The molecule has 0 atom stereocenters. The van der Waals surface area contributed by atoms with Crippen molar-refractivity contribution in [2.24, 2.45) is 5.92 Å². The maximum absolute atomic E-state index is 13.5. The molecule has 0 spiro atoms. The fourth-order valence-corrected chi connectivity index (χ4v) is 1.78. The summed E-state index contributed by atoms with van der Waals surface area (Å²) >= 11 is 0. The third-order valence-electron chi connectivity index (χ3n) is 3.09. The second-order valence-corrected chi connectivity index (χ2v) is 4.72. The number of nitrogens with one attached hydrogen (secondary N) is 1. The van der Waals surface area contributed by atoms with Crippen molar-refractivity contribution in [1.82, 2.24) is 15.0 Å². The Morgan fingerprint density at radius 1 is 1.29 bits per heavy atom. The Morgan fingerprint density at radius 3 is 2.67 bits per heavy atom. The first kappa shape index (κ1) is 13.1. The Labute approximate surface area is 119 Å². The maximum atomic E-state index is 13.5. The number of nitrogens with zero attached hydrogens (tertiary/aromatic N) is 4. The third kappa shape index (κ3) is 2.84. The quantitative estimate of drug-likeness (QED) is 0.928. The highest BCUT2D eigenvalue weighted by atomic mass is 19.1. The van der Waals surface area contributed by atoms with Gasteiger partial charge in [0.25, 0.3) is 0 Å². The number of rotatable bonds is 3. The van der Waals surface area contributed by atoms with Crippen LogP contribution in [-0.2, 0) is 4.79 Å². The molecule has 0 radical (unpaired) electrons. The van der Waals surface area contributed by atoms with Crippen LogP contribution in [0, 0.1) is 23.1 Å². The van der Waals surface area contributed by atoms with E-state index in [1.54, 1.807) is 6.07 Å². The predicted octanol–water partition coefficient (Wildman–Crippen LogP) is 1.90. The molecule has 1 fully saturated rings. The van der Waals surface area contributed by atoms with Gasteiger partial charge in [0.2, 0.25) is 5.91 Å². The van der Waals surface area contributed by atoms with Crippen LogP contribution in [0.5, 0.6) is 0 Å². The zero-order chi connectivity index (χ0) is 14.8. The number of nitriles is 1. The zero-order valence-corrected chi connectivity index (χ0v) is 10.9. The normalized spacial score (nSPS) is 13.5. The van der Waals surface area contributed by atoms with Crippen molar-refractivity contribution in [3.05, 3.63) is 36.2 Å². The minimum absolute atomic E-state index is 0.0527. The summed E-state index contributed by atoms with van der Waals surface area (Å²) in [4.78, 5) is 23.5. The molecular formula is C14H10FN5O. The largest absolute Gasteiger partial charge is 0.309 e. The molecule has 0 unspecified atom stereocenters. The SMILES string of the molecule is N#Cc1ncc(-c2cnc(NC(=O)C3CC3)cn2)cc1F.